The molecule has 0 aliphatic carbocycles. The molecule has 0 bridgehead atoms. The molecular formula is C25H32F3N3O5S. The minimum absolute atomic E-state index is 0.0903. The van der Waals surface area contributed by atoms with Crippen LogP contribution in [0.25, 0.3) is 0 Å². The van der Waals surface area contributed by atoms with E-state index in [4.69, 9.17) is 4.74 Å². The molecule has 0 unspecified atom stereocenters. The zero-order chi connectivity index (χ0) is 27.5. The highest BCUT2D eigenvalue weighted by molar-refractivity contribution is 7.92. The van der Waals surface area contributed by atoms with Gasteiger partial charge in [0.15, 0.2) is 5.75 Å². The average Bonchev–Trinajstić information content (AvgIpc) is 2.80. The van der Waals surface area contributed by atoms with Crippen molar-refractivity contribution in [2.24, 2.45) is 5.92 Å². The Morgan fingerprint density at radius 2 is 1.86 bits per heavy atom. The first-order valence-electron chi connectivity index (χ1n) is 11.7. The number of likely N-dealkylation sites (N-methyl/N-ethyl adjacent to an activating group) is 1. The molecule has 2 N–H and O–H groups in total. The average molecular weight is 544 g/mol. The number of hydrogen-bond donors (Lipinski definition) is 2. The Bertz CT molecular complexity index is 1210. The van der Waals surface area contributed by atoms with E-state index < -0.39 is 39.8 Å². The quantitative estimate of drug-likeness (QED) is 0.530. The molecule has 0 saturated heterocycles. The van der Waals surface area contributed by atoms with Gasteiger partial charge in [-0.05, 0) is 43.8 Å². The van der Waals surface area contributed by atoms with Crippen molar-refractivity contribution in [1.29, 1.82) is 0 Å². The summed E-state index contributed by atoms with van der Waals surface area (Å²) in [6.45, 7) is 4.31. The Hall–Kier alpha value is -2.83. The SMILES string of the molecule is C[C@H](CO)N1C[C@H](C)[C@H](CN(C)Cc2ccc(C(F)(F)F)cc2)Oc2c(NS(C)(=O)=O)cccc2C1=O. The highest BCUT2D eigenvalue weighted by Gasteiger charge is 2.35. The van der Waals surface area contributed by atoms with Crippen molar-refractivity contribution in [2.45, 2.75) is 38.7 Å². The summed E-state index contributed by atoms with van der Waals surface area (Å²) in [5.74, 6) is -0.530. The van der Waals surface area contributed by atoms with E-state index in [1.165, 1.54) is 18.2 Å². The first kappa shape index (κ1) is 28.7. The van der Waals surface area contributed by atoms with Crippen molar-refractivity contribution < 1.29 is 36.2 Å². The molecule has 8 nitrogen and oxygen atoms in total. The van der Waals surface area contributed by atoms with Gasteiger partial charge in [0.2, 0.25) is 10.0 Å². The summed E-state index contributed by atoms with van der Waals surface area (Å²) < 4.78 is 71.3. The molecule has 3 atom stereocenters. The third-order valence-corrected chi connectivity index (χ3v) is 6.80. The maximum absolute atomic E-state index is 13.4. The van der Waals surface area contributed by atoms with E-state index in [1.54, 1.807) is 31.0 Å². The first-order chi connectivity index (χ1) is 17.2. The molecule has 2 aromatic carbocycles. The Kier molecular flexibility index (Phi) is 8.76. The fraction of sp³-hybridized carbons (Fsp3) is 0.480. The van der Waals surface area contributed by atoms with Crippen LogP contribution >= 0.6 is 0 Å². The number of rotatable bonds is 8. The fourth-order valence-corrected chi connectivity index (χ4v) is 4.78. The van der Waals surface area contributed by atoms with E-state index in [-0.39, 0.29) is 36.1 Å². The third kappa shape index (κ3) is 7.36. The topological polar surface area (TPSA) is 99.2 Å². The van der Waals surface area contributed by atoms with Gasteiger partial charge in [0.05, 0.1) is 35.7 Å². The molecule has 12 heteroatoms. The number of aliphatic hydroxyl groups excluding tert-OH is 1. The van der Waals surface area contributed by atoms with Crippen molar-refractivity contribution in [3.63, 3.8) is 0 Å². The van der Waals surface area contributed by atoms with Crippen LogP contribution in [-0.4, -0.2) is 74.4 Å². The lowest BCUT2D eigenvalue weighted by Crippen LogP contribution is -2.49. The van der Waals surface area contributed by atoms with Crippen LogP contribution in [0, 0.1) is 5.92 Å². The molecule has 3 rings (SSSR count). The lowest BCUT2D eigenvalue weighted by atomic mass is 9.99. The summed E-state index contributed by atoms with van der Waals surface area (Å²) in [7, 11) is -1.88. The van der Waals surface area contributed by atoms with Crippen molar-refractivity contribution in [2.75, 3.05) is 37.7 Å². The van der Waals surface area contributed by atoms with E-state index in [1.807, 2.05) is 11.8 Å². The van der Waals surface area contributed by atoms with Crippen LogP contribution in [0.4, 0.5) is 18.9 Å². The molecule has 0 fully saturated rings. The zero-order valence-corrected chi connectivity index (χ0v) is 21.9. The molecule has 2 aromatic rings. The van der Waals surface area contributed by atoms with Crippen LogP contribution in [0.5, 0.6) is 5.75 Å². The zero-order valence-electron chi connectivity index (χ0n) is 21.1. The monoisotopic (exact) mass is 543 g/mol. The summed E-state index contributed by atoms with van der Waals surface area (Å²) in [6.07, 6.45) is -3.93. The fourth-order valence-electron chi connectivity index (χ4n) is 4.22. The van der Waals surface area contributed by atoms with Gasteiger partial charge in [-0.25, -0.2) is 8.42 Å². The number of carbonyl (C=O) groups is 1. The summed E-state index contributed by atoms with van der Waals surface area (Å²) in [5, 5.41) is 9.76. The maximum atomic E-state index is 13.4. The number of benzene rings is 2. The van der Waals surface area contributed by atoms with E-state index >= 15 is 0 Å². The second-order valence-corrected chi connectivity index (χ2v) is 11.3. The second-order valence-electron chi connectivity index (χ2n) is 9.57. The van der Waals surface area contributed by atoms with Crippen LogP contribution < -0.4 is 9.46 Å². The number of para-hydroxylation sites is 1. The number of ether oxygens (including phenoxy) is 1. The van der Waals surface area contributed by atoms with E-state index in [9.17, 15) is 31.5 Å². The molecule has 1 amide bonds. The number of hydrogen-bond acceptors (Lipinski definition) is 6. The number of alkyl halides is 3. The number of halogens is 3. The highest BCUT2D eigenvalue weighted by atomic mass is 32.2. The van der Waals surface area contributed by atoms with Crippen LogP contribution in [0.1, 0.15) is 35.3 Å². The van der Waals surface area contributed by atoms with E-state index in [0.29, 0.717) is 18.7 Å². The number of carbonyl (C=O) groups excluding carboxylic acids is 1. The molecule has 0 spiro atoms. The Morgan fingerprint density at radius 3 is 2.43 bits per heavy atom. The smallest absolute Gasteiger partial charge is 0.416 e. The number of fused-ring (bicyclic) bond motifs is 1. The third-order valence-electron chi connectivity index (χ3n) is 6.21. The number of nitrogens with zero attached hydrogens (tertiary/aromatic N) is 2. The molecule has 0 radical (unpaired) electrons. The van der Waals surface area contributed by atoms with E-state index in [0.717, 1.165) is 18.4 Å². The highest BCUT2D eigenvalue weighted by Crippen LogP contribution is 2.35. The molecular weight excluding hydrogens is 511 g/mol. The van der Waals surface area contributed by atoms with Gasteiger partial charge >= 0.3 is 6.18 Å². The largest absolute Gasteiger partial charge is 0.486 e. The first-order valence-corrected chi connectivity index (χ1v) is 13.6. The Balaban J connectivity index is 1.91. The van der Waals surface area contributed by atoms with Gasteiger partial charge in [0.1, 0.15) is 6.10 Å². The number of sulfonamides is 1. The lowest BCUT2D eigenvalue weighted by molar-refractivity contribution is -0.137. The molecule has 37 heavy (non-hydrogen) atoms. The van der Waals surface area contributed by atoms with Crippen molar-refractivity contribution in [3.8, 4) is 5.75 Å². The number of aliphatic hydroxyl groups is 1. The Morgan fingerprint density at radius 1 is 1.22 bits per heavy atom. The molecule has 1 heterocycles. The summed E-state index contributed by atoms with van der Waals surface area (Å²) in [4.78, 5) is 16.8. The summed E-state index contributed by atoms with van der Waals surface area (Å²) in [5.41, 5.74) is 0.242. The van der Waals surface area contributed by atoms with Crippen LogP contribution in [0.2, 0.25) is 0 Å². The van der Waals surface area contributed by atoms with Gasteiger partial charge in [0, 0.05) is 25.6 Å². The van der Waals surface area contributed by atoms with Crippen LogP contribution in [0.15, 0.2) is 42.5 Å². The van der Waals surface area contributed by atoms with Crippen LogP contribution in [-0.2, 0) is 22.7 Å². The molecule has 0 aromatic heterocycles. The van der Waals surface area contributed by atoms with Crippen molar-refractivity contribution in [1.82, 2.24) is 9.80 Å². The maximum Gasteiger partial charge on any atom is 0.416 e. The normalized spacial score (nSPS) is 19.6. The van der Waals surface area contributed by atoms with Gasteiger partial charge in [-0.15, -0.1) is 0 Å². The predicted molar refractivity (Wildman–Crippen MR) is 134 cm³/mol. The van der Waals surface area contributed by atoms with Gasteiger partial charge in [0.25, 0.3) is 5.91 Å². The number of amides is 1. The Labute approximate surface area is 215 Å². The van der Waals surface area contributed by atoms with Crippen molar-refractivity contribution in [3.05, 3.63) is 59.2 Å². The molecule has 0 saturated carbocycles. The van der Waals surface area contributed by atoms with Crippen molar-refractivity contribution >= 4 is 21.6 Å². The molecule has 204 valence electrons. The van der Waals surface area contributed by atoms with Gasteiger partial charge in [-0.3, -0.25) is 14.4 Å². The van der Waals surface area contributed by atoms with E-state index in [2.05, 4.69) is 4.72 Å². The minimum atomic E-state index is -4.41. The van der Waals surface area contributed by atoms with Crippen LogP contribution in [0.3, 0.4) is 0 Å². The molecule has 1 aliphatic heterocycles. The summed E-state index contributed by atoms with van der Waals surface area (Å²) in [6, 6.07) is 9.03. The van der Waals surface area contributed by atoms with Gasteiger partial charge in [-0.2, -0.15) is 13.2 Å². The standard InChI is InChI=1S/C25H32F3N3O5S/c1-16-12-31(17(2)15-32)24(33)20-6-5-7-21(29-37(4,34)35)23(20)36-22(16)14-30(3)13-18-8-10-19(11-9-18)25(26,27)28/h5-11,16-17,22,29,32H,12-15H2,1-4H3/t16-,17+,22-/m0/s1. The predicted octanol–water partition coefficient (Wildman–Crippen LogP) is 3.43. The lowest BCUT2D eigenvalue weighted by Gasteiger charge is -2.38. The number of nitrogens with one attached hydrogen (secondary N) is 1. The van der Waals surface area contributed by atoms with Gasteiger partial charge < -0.3 is 14.7 Å². The number of anilines is 1. The minimum Gasteiger partial charge on any atom is -0.486 e. The second kappa shape index (κ2) is 11.3. The van der Waals surface area contributed by atoms with Gasteiger partial charge in [-0.1, -0.05) is 25.1 Å². The summed E-state index contributed by atoms with van der Waals surface area (Å²) >= 11 is 0. The molecule has 1 aliphatic rings.